The lowest BCUT2D eigenvalue weighted by Gasteiger charge is -2.34. The Morgan fingerprint density at radius 1 is 1.46 bits per heavy atom. The number of hydrogen-bond donors (Lipinski definition) is 2. The molecule has 24 heavy (non-hydrogen) atoms. The predicted molar refractivity (Wildman–Crippen MR) is 96.1 cm³/mol. The van der Waals surface area contributed by atoms with E-state index in [2.05, 4.69) is 15.2 Å². The molecule has 1 amide bonds. The zero-order valence-corrected chi connectivity index (χ0v) is 14.6. The van der Waals surface area contributed by atoms with Crippen molar-refractivity contribution in [2.45, 2.75) is 26.2 Å². The molecule has 0 aromatic heterocycles. The van der Waals surface area contributed by atoms with Crippen LogP contribution in [0.2, 0.25) is 0 Å². The van der Waals surface area contributed by atoms with Crippen LogP contribution in [0.1, 0.15) is 24.8 Å². The second-order valence-corrected chi connectivity index (χ2v) is 6.21. The van der Waals surface area contributed by atoms with Crippen LogP contribution < -0.4 is 15.8 Å². The topological polar surface area (TPSA) is 80.0 Å². The maximum Gasteiger partial charge on any atom is 0.217 e. The largest absolute Gasteiger partial charge is 0.491 e. The van der Waals surface area contributed by atoms with Gasteiger partial charge in [-0.3, -0.25) is 9.79 Å². The SMILES string of the molecule is CN=C(NCCOc1ccccc1C)N1CCCC(CC(N)=O)C1. The molecule has 1 atom stereocenters. The Kier molecular flexibility index (Phi) is 6.90. The molecule has 0 radical (unpaired) electrons. The number of amides is 1. The van der Waals surface area contributed by atoms with E-state index in [-0.39, 0.29) is 5.91 Å². The molecule has 1 aromatic carbocycles. The van der Waals surface area contributed by atoms with E-state index in [9.17, 15) is 4.79 Å². The molecule has 1 aliphatic heterocycles. The number of aryl methyl sites for hydroxylation is 1. The van der Waals surface area contributed by atoms with E-state index in [0.29, 0.717) is 25.5 Å². The number of piperidine rings is 1. The fourth-order valence-electron chi connectivity index (χ4n) is 3.08. The third-order valence-corrected chi connectivity index (χ3v) is 4.26. The number of aliphatic imine (C=N–C) groups is 1. The highest BCUT2D eigenvalue weighted by molar-refractivity contribution is 5.80. The van der Waals surface area contributed by atoms with Gasteiger partial charge in [-0.25, -0.2) is 0 Å². The van der Waals surface area contributed by atoms with Crippen molar-refractivity contribution < 1.29 is 9.53 Å². The number of primary amides is 1. The van der Waals surface area contributed by atoms with Crippen molar-refractivity contribution in [3.8, 4) is 5.75 Å². The molecule has 1 heterocycles. The minimum atomic E-state index is -0.226. The van der Waals surface area contributed by atoms with Crippen LogP contribution >= 0.6 is 0 Å². The zero-order chi connectivity index (χ0) is 17.4. The Hall–Kier alpha value is -2.24. The Bertz CT molecular complexity index is 574. The standard InChI is InChI=1S/C18H28N4O2/c1-14-6-3-4-8-16(14)24-11-9-21-18(20-2)22-10-5-7-15(13-22)12-17(19)23/h3-4,6,8,15H,5,7,9-13H2,1-2H3,(H2,19,23)(H,20,21). The fraction of sp³-hybridized carbons (Fsp3) is 0.556. The summed E-state index contributed by atoms with van der Waals surface area (Å²) in [6.45, 7) is 5.06. The summed E-state index contributed by atoms with van der Waals surface area (Å²) in [5.41, 5.74) is 6.45. The molecule has 1 fully saturated rings. The summed E-state index contributed by atoms with van der Waals surface area (Å²) < 4.78 is 5.80. The van der Waals surface area contributed by atoms with Gasteiger partial charge in [0.1, 0.15) is 12.4 Å². The van der Waals surface area contributed by atoms with Crippen LogP contribution in [-0.2, 0) is 4.79 Å². The highest BCUT2D eigenvalue weighted by Gasteiger charge is 2.23. The van der Waals surface area contributed by atoms with Gasteiger partial charge in [0.05, 0.1) is 6.54 Å². The van der Waals surface area contributed by atoms with Crippen LogP contribution in [0.4, 0.5) is 0 Å². The van der Waals surface area contributed by atoms with Crippen molar-refractivity contribution in [2.75, 3.05) is 33.3 Å². The van der Waals surface area contributed by atoms with E-state index in [1.54, 1.807) is 7.05 Å². The highest BCUT2D eigenvalue weighted by Crippen LogP contribution is 2.19. The molecule has 1 unspecified atom stereocenters. The predicted octanol–water partition coefficient (Wildman–Crippen LogP) is 1.54. The second kappa shape index (κ2) is 9.15. The number of nitrogens with zero attached hydrogens (tertiary/aromatic N) is 2. The number of likely N-dealkylation sites (tertiary alicyclic amines) is 1. The Morgan fingerprint density at radius 2 is 2.25 bits per heavy atom. The summed E-state index contributed by atoms with van der Waals surface area (Å²) in [6, 6.07) is 7.99. The summed E-state index contributed by atoms with van der Waals surface area (Å²) in [4.78, 5) is 17.7. The monoisotopic (exact) mass is 332 g/mol. The molecular weight excluding hydrogens is 304 g/mol. The first kappa shape index (κ1) is 18.1. The molecule has 132 valence electrons. The average Bonchev–Trinajstić information content (AvgIpc) is 2.56. The van der Waals surface area contributed by atoms with Crippen LogP contribution in [0.15, 0.2) is 29.3 Å². The number of carbonyl (C=O) groups is 1. The number of nitrogens with one attached hydrogen (secondary N) is 1. The van der Waals surface area contributed by atoms with Gasteiger partial charge < -0.3 is 20.7 Å². The second-order valence-electron chi connectivity index (χ2n) is 6.21. The minimum absolute atomic E-state index is 0.226. The zero-order valence-electron chi connectivity index (χ0n) is 14.6. The first-order chi connectivity index (χ1) is 11.6. The maximum absolute atomic E-state index is 11.1. The first-order valence-corrected chi connectivity index (χ1v) is 8.52. The van der Waals surface area contributed by atoms with E-state index in [1.165, 1.54) is 0 Å². The summed E-state index contributed by atoms with van der Waals surface area (Å²) in [5.74, 6) is 1.86. The molecule has 3 N–H and O–H groups in total. The third-order valence-electron chi connectivity index (χ3n) is 4.26. The van der Waals surface area contributed by atoms with Crippen molar-refractivity contribution in [1.82, 2.24) is 10.2 Å². The highest BCUT2D eigenvalue weighted by atomic mass is 16.5. The minimum Gasteiger partial charge on any atom is -0.491 e. The van der Waals surface area contributed by atoms with E-state index in [4.69, 9.17) is 10.5 Å². The molecule has 0 aliphatic carbocycles. The fourth-order valence-corrected chi connectivity index (χ4v) is 3.08. The first-order valence-electron chi connectivity index (χ1n) is 8.52. The van der Waals surface area contributed by atoms with Crippen LogP contribution in [0.3, 0.4) is 0 Å². The molecule has 0 saturated carbocycles. The van der Waals surface area contributed by atoms with Gasteiger partial charge >= 0.3 is 0 Å². The van der Waals surface area contributed by atoms with Crippen molar-refractivity contribution >= 4 is 11.9 Å². The lowest BCUT2D eigenvalue weighted by Crippen LogP contribution is -2.48. The van der Waals surface area contributed by atoms with Crippen LogP contribution in [-0.4, -0.2) is 50.1 Å². The Balaban J connectivity index is 1.77. The van der Waals surface area contributed by atoms with Crippen molar-refractivity contribution in [2.24, 2.45) is 16.6 Å². The van der Waals surface area contributed by atoms with E-state index in [0.717, 1.165) is 43.2 Å². The molecule has 1 saturated heterocycles. The number of rotatable bonds is 6. The number of ether oxygens (including phenoxy) is 1. The summed E-state index contributed by atoms with van der Waals surface area (Å²) in [5, 5.41) is 3.34. The number of hydrogen-bond acceptors (Lipinski definition) is 3. The van der Waals surface area contributed by atoms with Gasteiger partial charge in [-0.15, -0.1) is 0 Å². The van der Waals surface area contributed by atoms with Gasteiger partial charge in [-0.05, 0) is 37.3 Å². The van der Waals surface area contributed by atoms with E-state index < -0.39 is 0 Å². The maximum atomic E-state index is 11.1. The third kappa shape index (κ3) is 5.44. The van der Waals surface area contributed by atoms with Gasteiger partial charge in [-0.2, -0.15) is 0 Å². The molecule has 6 heteroatoms. The van der Waals surface area contributed by atoms with Gasteiger partial charge in [0, 0.05) is 26.6 Å². The summed E-state index contributed by atoms with van der Waals surface area (Å²) in [6.07, 6.45) is 2.55. The summed E-state index contributed by atoms with van der Waals surface area (Å²) in [7, 11) is 1.78. The molecular formula is C18H28N4O2. The molecule has 0 spiro atoms. The van der Waals surface area contributed by atoms with Crippen LogP contribution in [0.25, 0.3) is 0 Å². The smallest absolute Gasteiger partial charge is 0.217 e. The van der Waals surface area contributed by atoms with E-state index >= 15 is 0 Å². The summed E-state index contributed by atoms with van der Waals surface area (Å²) >= 11 is 0. The number of benzene rings is 1. The average molecular weight is 332 g/mol. The number of carbonyl (C=O) groups excluding carboxylic acids is 1. The Labute approximate surface area is 144 Å². The number of guanidine groups is 1. The number of nitrogens with two attached hydrogens (primary N) is 1. The van der Waals surface area contributed by atoms with Crippen LogP contribution in [0.5, 0.6) is 5.75 Å². The van der Waals surface area contributed by atoms with Crippen LogP contribution in [0, 0.1) is 12.8 Å². The van der Waals surface area contributed by atoms with E-state index in [1.807, 2.05) is 31.2 Å². The normalized spacial score (nSPS) is 18.3. The van der Waals surface area contributed by atoms with Gasteiger partial charge in [-0.1, -0.05) is 18.2 Å². The van der Waals surface area contributed by atoms with Crippen molar-refractivity contribution in [1.29, 1.82) is 0 Å². The number of para-hydroxylation sites is 1. The Morgan fingerprint density at radius 3 is 2.96 bits per heavy atom. The van der Waals surface area contributed by atoms with Crippen molar-refractivity contribution in [3.05, 3.63) is 29.8 Å². The molecule has 1 aromatic rings. The van der Waals surface area contributed by atoms with Gasteiger partial charge in [0.15, 0.2) is 5.96 Å². The molecule has 0 bridgehead atoms. The van der Waals surface area contributed by atoms with Gasteiger partial charge in [0.25, 0.3) is 0 Å². The molecule has 2 rings (SSSR count). The molecule has 1 aliphatic rings. The van der Waals surface area contributed by atoms with Crippen molar-refractivity contribution in [3.63, 3.8) is 0 Å². The van der Waals surface area contributed by atoms with Gasteiger partial charge in [0.2, 0.25) is 5.91 Å². The molecule has 6 nitrogen and oxygen atoms in total. The quantitative estimate of drug-likeness (QED) is 0.470. The lowest BCUT2D eigenvalue weighted by atomic mass is 9.95. The lowest BCUT2D eigenvalue weighted by molar-refractivity contribution is -0.119.